The van der Waals surface area contributed by atoms with Crippen molar-refractivity contribution in [3.8, 4) is 12.3 Å². The number of rotatable bonds is 10. The van der Waals surface area contributed by atoms with Gasteiger partial charge in [-0.1, -0.05) is 66.2 Å². The first-order chi connectivity index (χ1) is 8.47. The fourth-order valence-electron chi connectivity index (χ4n) is 3.05. The summed E-state index contributed by atoms with van der Waals surface area (Å²) in [7, 11) is 0. The Hall–Kier alpha value is -0.440. The molecule has 0 amide bonds. The van der Waals surface area contributed by atoms with Gasteiger partial charge in [-0.25, -0.2) is 0 Å². The summed E-state index contributed by atoms with van der Waals surface area (Å²) >= 11 is 0. The van der Waals surface area contributed by atoms with Gasteiger partial charge in [0.1, 0.15) is 0 Å². The SMILES string of the molecule is C#CC(C)(CC(C)C)CC(CC)CCCCCC. The predicted octanol–water partition coefficient (Wildman–Crippen LogP) is 6.06. The molecular weight excluding hydrogens is 216 g/mol. The summed E-state index contributed by atoms with van der Waals surface area (Å²) in [6.07, 6.45) is 16.3. The molecule has 0 aliphatic carbocycles. The van der Waals surface area contributed by atoms with Crippen LogP contribution in [0.1, 0.15) is 86.0 Å². The van der Waals surface area contributed by atoms with Gasteiger partial charge in [0.05, 0.1) is 0 Å². The molecule has 0 aromatic rings. The van der Waals surface area contributed by atoms with Crippen LogP contribution in [-0.2, 0) is 0 Å². The van der Waals surface area contributed by atoms with Gasteiger partial charge in [-0.3, -0.25) is 0 Å². The normalized spacial score (nSPS) is 16.3. The lowest BCUT2D eigenvalue weighted by Gasteiger charge is -2.30. The molecule has 2 unspecified atom stereocenters. The molecule has 2 atom stereocenters. The van der Waals surface area contributed by atoms with Gasteiger partial charge in [0.2, 0.25) is 0 Å². The lowest BCUT2D eigenvalue weighted by atomic mass is 9.74. The molecule has 0 aromatic heterocycles. The summed E-state index contributed by atoms with van der Waals surface area (Å²) in [6.45, 7) is 11.4. The second-order valence-electron chi connectivity index (χ2n) is 6.63. The highest BCUT2D eigenvalue weighted by Gasteiger charge is 2.26. The minimum absolute atomic E-state index is 0.111. The Morgan fingerprint density at radius 1 is 1.06 bits per heavy atom. The lowest BCUT2D eigenvalue weighted by molar-refractivity contribution is 0.251. The summed E-state index contributed by atoms with van der Waals surface area (Å²) in [5, 5.41) is 0. The highest BCUT2D eigenvalue weighted by Crippen LogP contribution is 2.35. The minimum atomic E-state index is 0.111. The van der Waals surface area contributed by atoms with E-state index in [1.807, 2.05) is 0 Å². The van der Waals surface area contributed by atoms with Crippen LogP contribution in [0.15, 0.2) is 0 Å². The summed E-state index contributed by atoms with van der Waals surface area (Å²) in [5.41, 5.74) is 0.111. The molecular formula is C18H34. The summed E-state index contributed by atoms with van der Waals surface area (Å²) in [6, 6.07) is 0. The topological polar surface area (TPSA) is 0 Å². The molecule has 0 bridgehead atoms. The average Bonchev–Trinajstić information content (AvgIpc) is 2.32. The third-order valence-electron chi connectivity index (χ3n) is 3.99. The Morgan fingerprint density at radius 2 is 1.72 bits per heavy atom. The van der Waals surface area contributed by atoms with Gasteiger partial charge >= 0.3 is 0 Å². The maximum atomic E-state index is 5.78. The Bertz CT molecular complexity index is 233. The zero-order valence-electron chi connectivity index (χ0n) is 13.4. The maximum Gasteiger partial charge on any atom is 0.0289 e. The first kappa shape index (κ1) is 17.6. The van der Waals surface area contributed by atoms with Gasteiger partial charge in [-0.2, -0.15) is 0 Å². The van der Waals surface area contributed by atoms with Crippen LogP contribution in [0.5, 0.6) is 0 Å². The van der Waals surface area contributed by atoms with E-state index >= 15 is 0 Å². The third kappa shape index (κ3) is 7.80. The molecule has 0 radical (unpaired) electrons. The molecule has 0 saturated carbocycles. The zero-order chi connectivity index (χ0) is 14.0. The van der Waals surface area contributed by atoms with Crippen LogP contribution >= 0.6 is 0 Å². The Kier molecular flexibility index (Phi) is 9.25. The summed E-state index contributed by atoms with van der Waals surface area (Å²) in [4.78, 5) is 0. The van der Waals surface area contributed by atoms with E-state index in [2.05, 4.69) is 40.5 Å². The molecule has 0 nitrogen and oxygen atoms in total. The van der Waals surface area contributed by atoms with Crippen molar-refractivity contribution < 1.29 is 0 Å². The quantitative estimate of drug-likeness (QED) is 0.326. The van der Waals surface area contributed by atoms with E-state index in [0.717, 1.165) is 12.3 Å². The molecule has 106 valence electrons. The van der Waals surface area contributed by atoms with Crippen LogP contribution in [0.3, 0.4) is 0 Å². The highest BCUT2D eigenvalue weighted by atomic mass is 14.3. The van der Waals surface area contributed by atoms with Crippen molar-refractivity contribution in [3.63, 3.8) is 0 Å². The molecule has 0 saturated heterocycles. The van der Waals surface area contributed by atoms with Crippen LogP contribution in [-0.4, -0.2) is 0 Å². The van der Waals surface area contributed by atoms with Crippen LogP contribution in [0.4, 0.5) is 0 Å². The van der Waals surface area contributed by atoms with Crippen molar-refractivity contribution in [1.82, 2.24) is 0 Å². The van der Waals surface area contributed by atoms with Gasteiger partial charge in [0.25, 0.3) is 0 Å². The van der Waals surface area contributed by atoms with Crippen molar-refractivity contribution in [1.29, 1.82) is 0 Å². The molecule has 0 aliphatic heterocycles. The second-order valence-corrected chi connectivity index (χ2v) is 6.63. The number of unbranched alkanes of at least 4 members (excludes halogenated alkanes) is 3. The predicted molar refractivity (Wildman–Crippen MR) is 83.6 cm³/mol. The Labute approximate surface area is 116 Å². The summed E-state index contributed by atoms with van der Waals surface area (Å²) < 4.78 is 0. The number of hydrogen-bond acceptors (Lipinski definition) is 0. The highest BCUT2D eigenvalue weighted by molar-refractivity contribution is 5.04. The monoisotopic (exact) mass is 250 g/mol. The van der Waals surface area contributed by atoms with Crippen molar-refractivity contribution in [2.24, 2.45) is 17.3 Å². The van der Waals surface area contributed by atoms with E-state index in [9.17, 15) is 0 Å². The van der Waals surface area contributed by atoms with Gasteiger partial charge in [-0.05, 0) is 31.6 Å². The Balaban J connectivity index is 4.19. The molecule has 0 fully saturated rings. The first-order valence-corrected chi connectivity index (χ1v) is 7.95. The fraction of sp³-hybridized carbons (Fsp3) is 0.889. The standard InChI is InChI=1S/C18H34/c1-7-10-11-12-13-17(8-2)15-18(6,9-3)14-16(4)5/h3,16-17H,7-8,10-15H2,1-2,4-6H3. The zero-order valence-corrected chi connectivity index (χ0v) is 13.4. The smallest absolute Gasteiger partial charge is 0.0289 e. The van der Waals surface area contributed by atoms with E-state index in [1.54, 1.807) is 0 Å². The molecule has 0 aliphatic rings. The Morgan fingerprint density at radius 3 is 2.17 bits per heavy atom. The van der Waals surface area contributed by atoms with E-state index in [4.69, 9.17) is 6.42 Å². The second kappa shape index (κ2) is 9.48. The maximum absolute atomic E-state index is 5.78. The van der Waals surface area contributed by atoms with Crippen molar-refractivity contribution >= 4 is 0 Å². The van der Waals surface area contributed by atoms with Crippen molar-refractivity contribution in [2.45, 2.75) is 86.0 Å². The lowest BCUT2D eigenvalue weighted by Crippen LogP contribution is -2.21. The molecule has 0 heteroatoms. The molecule has 0 spiro atoms. The van der Waals surface area contributed by atoms with Crippen molar-refractivity contribution in [2.75, 3.05) is 0 Å². The minimum Gasteiger partial charge on any atom is -0.120 e. The van der Waals surface area contributed by atoms with Gasteiger partial charge in [0, 0.05) is 5.41 Å². The largest absolute Gasteiger partial charge is 0.120 e. The first-order valence-electron chi connectivity index (χ1n) is 7.95. The van der Waals surface area contributed by atoms with E-state index in [1.165, 1.54) is 44.9 Å². The molecule has 0 heterocycles. The van der Waals surface area contributed by atoms with E-state index in [0.29, 0.717) is 5.92 Å². The van der Waals surface area contributed by atoms with Gasteiger partial charge in [-0.15, -0.1) is 12.3 Å². The molecule has 0 aromatic carbocycles. The van der Waals surface area contributed by atoms with Gasteiger partial charge in [0.15, 0.2) is 0 Å². The van der Waals surface area contributed by atoms with E-state index < -0.39 is 0 Å². The molecule has 0 rings (SSSR count). The van der Waals surface area contributed by atoms with Crippen molar-refractivity contribution in [3.05, 3.63) is 0 Å². The average molecular weight is 250 g/mol. The summed E-state index contributed by atoms with van der Waals surface area (Å²) in [5.74, 6) is 4.59. The van der Waals surface area contributed by atoms with Crippen LogP contribution in [0.2, 0.25) is 0 Å². The molecule has 18 heavy (non-hydrogen) atoms. The number of hydrogen-bond donors (Lipinski definition) is 0. The van der Waals surface area contributed by atoms with Crippen LogP contribution in [0, 0.1) is 29.6 Å². The van der Waals surface area contributed by atoms with Gasteiger partial charge < -0.3 is 0 Å². The number of terminal acetylenes is 1. The van der Waals surface area contributed by atoms with Crippen LogP contribution in [0.25, 0.3) is 0 Å². The van der Waals surface area contributed by atoms with Crippen LogP contribution < -0.4 is 0 Å². The van der Waals surface area contributed by atoms with E-state index in [-0.39, 0.29) is 5.41 Å². The third-order valence-corrected chi connectivity index (χ3v) is 3.99. The molecule has 0 N–H and O–H groups in total. The fourth-order valence-corrected chi connectivity index (χ4v) is 3.05.